The second-order valence-electron chi connectivity index (χ2n) is 5.91. The van der Waals surface area contributed by atoms with Crippen LogP contribution in [0.15, 0.2) is 11.1 Å². The molecule has 17 heavy (non-hydrogen) atoms. The van der Waals surface area contributed by atoms with Gasteiger partial charge in [0, 0.05) is 45.3 Å². The van der Waals surface area contributed by atoms with Crippen molar-refractivity contribution in [1.82, 2.24) is 15.1 Å². The van der Waals surface area contributed by atoms with Gasteiger partial charge in [-0.05, 0) is 31.9 Å². The summed E-state index contributed by atoms with van der Waals surface area (Å²) in [7, 11) is 0. The largest absolute Gasteiger partial charge is 0.309 e. The van der Waals surface area contributed by atoms with Crippen molar-refractivity contribution in [3.8, 4) is 0 Å². The third-order valence-electron chi connectivity index (χ3n) is 4.66. The summed E-state index contributed by atoms with van der Waals surface area (Å²) < 4.78 is 0. The van der Waals surface area contributed by atoms with Crippen molar-refractivity contribution in [2.45, 2.75) is 32.2 Å². The SMILES string of the molecule is CC(CN1CCN2CCCCC2C1)=C1CNC1. The molecular formula is C14H25N3. The van der Waals surface area contributed by atoms with Crippen molar-refractivity contribution in [3.63, 3.8) is 0 Å². The topological polar surface area (TPSA) is 18.5 Å². The summed E-state index contributed by atoms with van der Waals surface area (Å²) in [6, 6.07) is 0.856. The molecule has 3 aliphatic heterocycles. The summed E-state index contributed by atoms with van der Waals surface area (Å²) >= 11 is 0. The Morgan fingerprint density at radius 3 is 2.88 bits per heavy atom. The lowest BCUT2D eigenvalue weighted by atomic mass is 9.98. The standard InChI is InChI=1S/C14H25N3/c1-12(13-8-15-9-13)10-16-6-7-17-5-3-2-4-14(17)11-16/h14-15H,2-11H2,1H3. The fourth-order valence-electron chi connectivity index (χ4n) is 3.36. The Morgan fingerprint density at radius 2 is 2.12 bits per heavy atom. The molecule has 1 atom stereocenters. The van der Waals surface area contributed by atoms with Crippen LogP contribution in [-0.2, 0) is 0 Å². The predicted molar refractivity (Wildman–Crippen MR) is 71.2 cm³/mol. The van der Waals surface area contributed by atoms with Crippen molar-refractivity contribution in [2.75, 3.05) is 45.8 Å². The minimum absolute atomic E-state index is 0.856. The molecule has 1 N–H and O–H groups in total. The van der Waals surface area contributed by atoms with E-state index in [9.17, 15) is 0 Å². The van der Waals surface area contributed by atoms with Crippen LogP contribution in [0.5, 0.6) is 0 Å². The van der Waals surface area contributed by atoms with E-state index in [1.54, 1.807) is 11.1 Å². The molecule has 3 saturated heterocycles. The second kappa shape index (κ2) is 5.09. The number of nitrogens with zero attached hydrogens (tertiary/aromatic N) is 2. The zero-order valence-corrected chi connectivity index (χ0v) is 11.0. The maximum absolute atomic E-state index is 3.34. The summed E-state index contributed by atoms with van der Waals surface area (Å²) in [6.45, 7) is 11.0. The van der Waals surface area contributed by atoms with E-state index >= 15 is 0 Å². The van der Waals surface area contributed by atoms with Crippen LogP contribution in [0.3, 0.4) is 0 Å². The quantitative estimate of drug-likeness (QED) is 0.723. The summed E-state index contributed by atoms with van der Waals surface area (Å²) in [5.74, 6) is 0. The van der Waals surface area contributed by atoms with Gasteiger partial charge >= 0.3 is 0 Å². The Balaban J connectivity index is 1.55. The van der Waals surface area contributed by atoms with Crippen LogP contribution < -0.4 is 5.32 Å². The Labute approximate surface area is 105 Å². The van der Waals surface area contributed by atoms with Gasteiger partial charge in [-0.3, -0.25) is 9.80 Å². The van der Waals surface area contributed by atoms with Gasteiger partial charge in [0.2, 0.25) is 0 Å². The molecule has 96 valence electrons. The monoisotopic (exact) mass is 235 g/mol. The van der Waals surface area contributed by atoms with E-state index in [4.69, 9.17) is 0 Å². The first-order valence-electron chi connectivity index (χ1n) is 7.17. The van der Waals surface area contributed by atoms with Gasteiger partial charge in [-0.15, -0.1) is 0 Å². The first-order chi connectivity index (χ1) is 8.33. The van der Waals surface area contributed by atoms with Crippen molar-refractivity contribution in [2.24, 2.45) is 0 Å². The van der Waals surface area contributed by atoms with Crippen LogP contribution in [0.25, 0.3) is 0 Å². The van der Waals surface area contributed by atoms with Crippen LogP contribution >= 0.6 is 0 Å². The molecule has 3 aliphatic rings. The molecule has 0 saturated carbocycles. The van der Waals surface area contributed by atoms with Gasteiger partial charge in [0.15, 0.2) is 0 Å². The summed E-state index contributed by atoms with van der Waals surface area (Å²) in [6.07, 6.45) is 4.29. The Kier molecular flexibility index (Phi) is 3.50. The van der Waals surface area contributed by atoms with Gasteiger partial charge in [-0.2, -0.15) is 0 Å². The van der Waals surface area contributed by atoms with E-state index in [0.717, 1.165) is 19.1 Å². The number of hydrogen-bond acceptors (Lipinski definition) is 3. The normalized spacial score (nSPS) is 30.9. The van der Waals surface area contributed by atoms with Gasteiger partial charge in [0.05, 0.1) is 0 Å². The van der Waals surface area contributed by atoms with Crippen molar-refractivity contribution in [1.29, 1.82) is 0 Å². The number of nitrogens with one attached hydrogen (secondary N) is 1. The molecule has 3 heteroatoms. The average molecular weight is 235 g/mol. The molecule has 0 aliphatic carbocycles. The highest BCUT2D eigenvalue weighted by Crippen LogP contribution is 2.22. The highest BCUT2D eigenvalue weighted by Gasteiger charge is 2.28. The van der Waals surface area contributed by atoms with E-state index in [1.807, 2.05) is 0 Å². The van der Waals surface area contributed by atoms with Crippen molar-refractivity contribution < 1.29 is 0 Å². The van der Waals surface area contributed by atoms with Crippen LogP contribution in [0.4, 0.5) is 0 Å². The van der Waals surface area contributed by atoms with E-state index in [2.05, 4.69) is 22.0 Å². The minimum Gasteiger partial charge on any atom is -0.309 e. The fourth-order valence-corrected chi connectivity index (χ4v) is 3.36. The molecule has 0 aromatic carbocycles. The van der Waals surface area contributed by atoms with E-state index in [1.165, 1.54) is 52.0 Å². The van der Waals surface area contributed by atoms with E-state index in [-0.39, 0.29) is 0 Å². The van der Waals surface area contributed by atoms with Gasteiger partial charge in [0.25, 0.3) is 0 Å². The maximum atomic E-state index is 3.34. The smallest absolute Gasteiger partial charge is 0.0223 e. The zero-order valence-electron chi connectivity index (χ0n) is 11.0. The van der Waals surface area contributed by atoms with Gasteiger partial charge in [-0.25, -0.2) is 0 Å². The molecule has 0 bridgehead atoms. The zero-order chi connectivity index (χ0) is 11.7. The molecule has 1 unspecified atom stereocenters. The van der Waals surface area contributed by atoms with E-state index in [0.29, 0.717) is 0 Å². The summed E-state index contributed by atoms with van der Waals surface area (Å²) in [5.41, 5.74) is 3.27. The lowest BCUT2D eigenvalue weighted by Gasteiger charge is -2.44. The summed E-state index contributed by atoms with van der Waals surface area (Å²) in [4.78, 5) is 5.39. The Hall–Kier alpha value is -0.380. The molecule has 3 rings (SSSR count). The maximum Gasteiger partial charge on any atom is 0.0223 e. The Morgan fingerprint density at radius 1 is 1.24 bits per heavy atom. The fraction of sp³-hybridized carbons (Fsp3) is 0.857. The van der Waals surface area contributed by atoms with Gasteiger partial charge in [-0.1, -0.05) is 12.0 Å². The lowest BCUT2D eigenvalue weighted by molar-refractivity contribution is 0.0538. The highest BCUT2D eigenvalue weighted by molar-refractivity contribution is 5.22. The highest BCUT2D eigenvalue weighted by atomic mass is 15.3. The van der Waals surface area contributed by atoms with E-state index < -0.39 is 0 Å². The lowest BCUT2D eigenvalue weighted by Crippen LogP contribution is -2.55. The molecule has 3 fully saturated rings. The first-order valence-corrected chi connectivity index (χ1v) is 7.17. The molecule has 0 aromatic rings. The van der Waals surface area contributed by atoms with Gasteiger partial charge < -0.3 is 5.32 Å². The van der Waals surface area contributed by atoms with Crippen LogP contribution in [0.2, 0.25) is 0 Å². The number of rotatable bonds is 2. The number of hydrogen-bond donors (Lipinski definition) is 1. The van der Waals surface area contributed by atoms with Crippen LogP contribution in [0.1, 0.15) is 26.2 Å². The van der Waals surface area contributed by atoms with Gasteiger partial charge in [0.1, 0.15) is 0 Å². The average Bonchev–Trinajstić information content (AvgIpc) is 2.26. The third-order valence-corrected chi connectivity index (χ3v) is 4.66. The predicted octanol–water partition coefficient (Wildman–Crippen LogP) is 1.08. The molecule has 0 amide bonds. The molecule has 0 radical (unpaired) electrons. The number of piperidine rings is 1. The van der Waals surface area contributed by atoms with Crippen molar-refractivity contribution in [3.05, 3.63) is 11.1 Å². The summed E-state index contributed by atoms with van der Waals surface area (Å²) in [5, 5.41) is 3.34. The molecule has 0 aromatic heterocycles. The molecule has 3 nitrogen and oxygen atoms in total. The molecule has 3 heterocycles. The van der Waals surface area contributed by atoms with Crippen LogP contribution in [-0.4, -0.2) is 61.7 Å². The second-order valence-corrected chi connectivity index (χ2v) is 5.91. The number of piperazine rings is 1. The van der Waals surface area contributed by atoms with Crippen LogP contribution in [0, 0.1) is 0 Å². The Bertz CT molecular complexity index is 305. The third kappa shape index (κ3) is 2.56. The minimum atomic E-state index is 0.856. The van der Waals surface area contributed by atoms with Crippen molar-refractivity contribution >= 4 is 0 Å². The molecule has 0 spiro atoms. The number of fused-ring (bicyclic) bond motifs is 1. The first kappa shape index (κ1) is 11.7. The molecular weight excluding hydrogens is 210 g/mol.